The van der Waals surface area contributed by atoms with E-state index < -0.39 is 11.6 Å². The molecule has 0 heterocycles. The first-order valence-corrected chi connectivity index (χ1v) is 5.12. The monoisotopic (exact) mass is 229 g/mol. The van der Waals surface area contributed by atoms with E-state index in [1.807, 2.05) is 0 Å². The molecule has 1 saturated carbocycles. The fourth-order valence-corrected chi connectivity index (χ4v) is 1.26. The van der Waals surface area contributed by atoms with Crippen LogP contribution >= 0.6 is 0 Å². The molecule has 1 aromatic rings. The van der Waals surface area contributed by atoms with Crippen molar-refractivity contribution in [1.82, 2.24) is 0 Å². The maximum atomic E-state index is 13.2. The lowest BCUT2D eigenvalue weighted by Gasteiger charge is -2.08. The topological polar surface area (TPSA) is 44.5 Å². The van der Waals surface area contributed by atoms with Crippen LogP contribution in [0.15, 0.2) is 12.1 Å². The largest absolute Gasteiger partial charge is 0.464 e. The number of nitrogens with two attached hydrogens (primary N) is 1. The van der Waals surface area contributed by atoms with Gasteiger partial charge in [0.05, 0.1) is 12.3 Å². The van der Waals surface area contributed by atoms with E-state index in [2.05, 4.69) is 0 Å². The fraction of sp³-hybridized carbons (Fsp3) is 0.455. The van der Waals surface area contributed by atoms with Crippen molar-refractivity contribution in [3.8, 4) is 5.75 Å². The highest BCUT2D eigenvalue weighted by atomic mass is 19.1. The predicted octanol–water partition coefficient (Wildman–Crippen LogP) is 2.31. The zero-order chi connectivity index (χ0) is 11.5. The number of anilines is 1. The number of rotatable bonds is 5. The number of nitrogen functional groups attached to an aromatic ring is 1. The standard InChI is InChI=1S/C11H13F2NO2/c12-8-4-11(9(13)3-10(8)14)16-6-15-5-7-1-2-7/h3-4,7H,1-2,5-6,14H2. The summed E-state index contributed by atoms with van der Waals surface area (Å²) in [6.07, 6.45) is 2.34. The van der Waals surface area contributed by atoms with Crippen molar-refractivity contribution in [1.29, 1.82) is 0 Å². The Balaban J connectivity index is 1.85. The van der Waals surface area contributed by atoms with Gasteiger partial charge in [-0.3, -0.25) is 0 Å². The normalized spacial score (nSPS) is 15.1. The van der Waals surface area contributed by atoms with E-state index in [1.54, 1.807) is 0 Å². The molecule has 0 bridgehead atoms. The lowest BCUT2D eigenvalue weighted by molar-refractivity contribution is 0.00778. The molecule has 2 N–H and O–H groups in total. The zero-order valence-electron chi connectivity index (χ0n) is 8.71. The van der Waals surface area contributed by atoms with Crippen molar-refractivity contribution in [2.75, 3.05) is 19.1 Å². The second-order valence-corrected chi connectivity index (χ2v) is 3.88. The third kappa shape index (κ3) is 2.82. The second-order valence-electron chi connectivity index (χ2n) is 3.88. The molecule has 16 heavy (non-hydrogen) atoms. The molecule has 1 aromatic carbocycles. The number of ether oxygens (including phenoxy) is 2. The molecule has 0 saturated heterocycles. The second kappa shape index (κ2) is 4.65. The Morgan fingerprint density at radius 3 is 2.69 bits per heavy atom. The quantitative estimate of drug-likeness (QED) is 0.478. The molecular formula is C11H13F2NO2. The minimum Gasteiger partial charge on any atom is -0.464 e. The lowest BCUT2D eigenvalue weighted by atomic mass is 10.3. The van der Waals surface area contributed by atoms with Gasteiger partial charge in [0.25, 0.3) is 0 Å². The minimum absolute atomic E-state index is 0.0726. The zero-order valence-corrected chi connectivity index (χ0v) is 8.71. The van der Waals surface area contributed by atoms with Gasteiger partial charge in [-0.15, -0.1) is 0 Å². The molecule has 0 atom stereocenters. The van der Waals surface area contributed by atoms with E-state index in [4.69, 9.17) is 15.2 Å². The number of hydrogen-bond donors (Lipinski definition) is 1. The van der Waals surface area contributed by atoms with Gasteiger partial charge >= 0.3 is 0 Å². The van der Waals surface area contributed by atoms with E-state index in [0.717, 1.165) is 12.1 Å². The van der Waals surface area contributed by atoms with Gasteiger partial charge in [-0.2, -0.15) is 0 Å². The highest BCUT2D eigenvalue weighted by Crippen LogP contribution is 2.29. The summed E-state index contributed by atoms with van der Waals surface area (Å²) < 4.78 is 36.3. The van der Waals surface area contributed by atoms with Crippen LogP contribution in [0.2, 0.25) is 0 Å². The number of halogens is 2. The molecule has 0 aliphatic heterocycles. The summed E-state index contributed by atoms with van der Waals surface area (Å²) in [6.45, 7) is 0.538. The van der Waals surface area contributed by atoms with E-state index in [1.165, 1.54) is 12.8 Å². The minimum atomic E-state index is -0.696. The van der Waals surface area contributed by atoms with Gasteiger partial charge in [0.1, 0.15) is 5.82 Å². The Bertz CT molecular complexity index is 380. The van der Waals surface area contributed by atoms with Crippen LogP contribution in [0.25, 0.3) is 0 Å². The molecule has 2 rings (SSSR count). The summed E-state index contributed by atoms with van der Waals surface area (Å²) in [4.78, 5) is 0. The molecule has 0 radical (unpaired) electrons. The molecule has 0 spiro atoms. The van der Waals surface area contributed by atoms with Crippen LogP contribution < -0.4 is 10.5 Å². The van der Waals surface area contributed by atoms with Crippen LogP contribution in [0.1, 0.15) is 12.8 Å². The summed E-state index contributed by atoms with van der Waals surface area (Å²) in [7, 11) is 0. The van der Waals surface area contributed by atoms with Crippen molar-refractivity contribution >= 4 is 5.69 Å². The van der Waals surface area contributed by atoms with Crippen molar-refractivity contribution in [2.24, 2.45) is 5.92 Å². The summed E-state index contributed by atoms with van der Waals surface area (Å²) >= 11 is 0. The van der Waals surface area contributed by atoms with Crippen LogP contribution in [0, 0.1) is 17.6 Å². The third-order valence-corrected chi connectivity index (χ3v) is 2.40. The highest BCUT2D eigenvalue weighted by molar-refractivity contribution is 5.44. The first kappa shape index (κ1) is 11.1. The van der Waals surface area contributed by atoms with Crippen LogP contribution in [0.3, 0.4) is 0 Å². The molecule has 0 unspecified atom stereocenters. The Morgan fingerprint density at radius 1 is 1.25 bits per heavy atom. The predicted molar refractivity (Wildman–Crippen MR) is 54.9 cm³/mol. The van der Waals surface area contributed by atoms with Crippen LogP contribution in [-0.4, -0.2) is 13.4 Å². The van der Waals surface area contributed by atoms with Gasteiger partial charge in [-0.25, -0.2) is 8.78 Å². The Hall–Kier alpha value is -1.36. The van der Waals surface area contributed by atoms with Crippen molar-refractivity contribution < 1.29 is 18.3 Å². The van der Waals surface area contributed by atoms with Gasteiger partial charge in [-0.05, 0) is 18.8 Å². The molecule has 5 heteroatoms. The third-order valence-electron chi connectivity index (χ3n) is 2.40. The van der Waals surface area contributed by atoms with Gasteiger partial charge in [0, 0.05) is 12.1 Å². The molecule has 1 aliphatic rings. The fourth-order valence-electron chi connectivity index (χ4n) is 1.26. The average molecular weight is 229 g/mol. The maximum absolute atomic E-state index is 13.2. The molecule has 0 amide bonds. The Morgan fingerprint density at radius 2 is 2.00 bits per heavy atom. The summed E-state index contributed by atoms with van der Waals surface area (Å²) in [5.41, 5.74) is 4.96. The molecule has 88 valence electrons. The molecule has 1 aliphatic carbocycles. The van der Waals surface area contributed by atoms with Crippen molar-refractivity contribution in [3.05, 3.63) is 23.8 Å². The smallest absolute Gasteiger partial charge is 0.189 e. The first-order valence-electron chi connectivity index (χ1n) is 5.12. The molecule has 1 fully saturated rings. The number of hydrogen-bond acceptors (Lipinski definition) is 3. The summed E-state index contributed by atoms with van der Waals surface area (Å²) in [5.74, 6) is -0.952. The van der Waals surface area contributed by atoms with Gasteiger partial charge in [0.15, 0.2) is 18.4 Å². The number of benzene rings is 1. The summed E-state index contributed by atoms with van der Waals surface area (Å²) in [6, 6.07) is 1.82. The van der Waals surface area contributed by atoms with Crippen LogP contribution in [0.5, 0.6) is 5.75 Å². The van der Waals surface area contributed by atoms with Gasteiger partial charge in [-0.1, -0.05) is 0 Å². The molecule has 3 nitrogen and oxygen atoms in total. The average Bonchev–Trinajstić information content (AvgIpc) is 3.04. The Kier molecular flexibility index (Phi) is 3.24. The van der Waals surface area contributed by atoms with Gasteiger partial charge < -0.3 is 15.2 Å². The summed E-state index contributed by atoms with van der Waals surface area (Å²) in [5, 5.41) is 0. The lowest BCUT2D eigenvalue weighted by Crippen LogP contribution is -2.07. The van der Waals surface area contributed by atoms with E-state index in [0.29, 0.717) is 12.5 Å². The van der Waals surface area contributed by atoms with Crippen molar-refractivity contribution in [2.45, 2.75) is 12.8 Å². The van der Waals surface area contributed by atoms with E-state index in [9.17, 15) is 8.78 Å². The molecule has 0 aromatic heterocycles. The highest BCUT2D eigenvalue weighted by Gasteiger charge is 2.21. The maximum Gasteiger partial charge on any atom is 0.189 e. The SMILES string of the molecule is Nc1cc(F)c(OCOCC2CC2)cc1F. The van der Waals surface area contributed by atoms with Gasteiger partial charge in [0.2, 0.25) is 0 Å². The van der Waals surface area contributed by atoms with Crippen LogP contribution in [0.4, 0.5) is 14.5 Å². The van der Waals surface area contributed by atoms with Crippen LogP contribution in [-0.2, 0) is 4.74 Å². The van der Waals surface area contributed by atoms with Crippen molar-refractivity contribution in [3.63, 3.8) is 0 Å². The Labute approximate surface area is 92.1 Å². The first-order chi connectivity index (χ1) is 7.66. The van der Waals surface area contributed by atoms with E-state index in [-0.39, 0.29) is 18.2 Å². The van der Waals surface area contributed by atoms with E-state index >= 15 is 0 Å². The molecular weight excluding hydrogens is 216 g/mol.